The summed E-state index contributed by atoms with van der Waals surface area (Å²) in [6.07, 6.45) is -7.51. The van der Waals surface area contributed by atoms with Gasteiger partial charge in [0, 0.05) is 17.1 Å². The lowest BCUT2D eigenvalue weighted by molar-refractivity contribution is -0.244. The molecule has 1 aliphatic heterocycles. The Morgan fingerprint density at radius 2 is 1.95 bits per heavy atom. The normalized spacial score (nSPS) is 25.8. The number of methoxy groups -OCH3 is 1. The van der Waals surface area contributed by atoms with Gasteiger partial charge in [-0.1, -0.05) is 33.3 Å². The third-order valence-electron chi connectivity index (χ3n) is 6.02. The van der Waals surface area contributed by atoms with Crippen molar-refractivity contribution < 1.29 is 51.6 Å². The van der Waals surface area contributed by atoms with E-state index in [4.69, 9.17) is 18.3 Å². The van der Waals surface area contributed by atoms with E-state index in [0.29, 0.717) is 17.7 Å². The highest BCUT2D eigenvalue weighted by atomic mass is 79.9. The Morgan fingerprint density at radius 3 is 2.55 bits per heavy atom. The van der Waals surface area contributed by atoms with Crippen molar-refractivity contribution >= 4 is 21.9 Å². The largest absolute Gasteiger partial charge is 0.479 e. The Kier molecular flexibility index (Phi) is 7.56. The Morgan fingerprint density at radius 1 is 1.26 bits per heavy atom. The molecule has 1 saturated heterocycles. The lowest BCUT2D eigenvalue weighted by Crippen LogP contribution is -2.61. The third-order valence-corrected chi connectivity index (χ3v) is 6.55. The van der Waals surface area contributed by atoms with Gasteiger partial charge in [0.05, 0.1) is 23.5 Å². The van der Waals surface area contributed by atoms with Crippen LogP contribution in [0.2, 0.25) is 0 Å². The second-order valence-electron chi connectivity index (χ2n) is 8.42. The van der Waals surface area contributed by atoms with Crippen molar-refractivity contribution in [3.05, 3.63) is 70.1 Å². The number of nitrogens with zero attached hydrogens (tertiary/aromatic N) is 3. The van der Waals surface area contributed by atoms with Crippen molar-refractivity contribution in [1.29, 1.82) is 0 Å². The van der Waals surface area contributed by atoms with Gasteiger partial charge in [0.25, 0.3) is 0 Å². The maximum Gasteiger partial charge on any atom is 0.335 e. The molecule has 2 unspecified atom stereocenters. The molecule has 0 saturated carbocycles. The summed E-state index contributed by atoms with van der Waals surface area (Å²) < 4.78 is 82.1. The standard InChI is InChI=1S/C24H23BrF3N3O7/c1-36-21-19(31-8-16(29-30-31)12-6-14(26)18(28)15(27)7-12)20(33)17(9-32)38-22(21)23(24(34)35)37-10-11-2-4-13(25)5-3-11/h2-8,17,19-23,32-33H,9-10H2,1H3,(H,34,35)/t17?,19-,20-,21?,22+,23-/m0/s1/i1D3. The van der Waals surface area contributed by atoms with Gasteiger partial charge in [-0.15, -0.1) is 5.10 Å². The van der Waals surface area contributed by atoms with Gasteiger partial charge in [0.1, 0.15) is 36.2 Å². The summed E-state index contributed by atoms with van der Waals surface area (Å²) in [7, 11) is -3.14. The zero-order valence-corrected chi connectivity index (χ0v) is 20.8. The number of carbonyl (C=O) groups is 1. The highest BCUT2D eigenvalue weighted by Gasteiger charge is 2.51. The monoisotopic (exact) mass is 604 g/mol. The molecule has 0 aliphatic carbocycles. The zero-order valence-electron chi connectivity index (χ0n) is 22.2. The van der Waals surface area contributed by atoms with E-state index in [9.17, 15) is 33.3 Å². The summed E-state index contributed by atoms with van der Waals surface area (Å²) in [5.41, 5.74) is 0.130. The van der Waals surface area contributed by atoms with E-state index in [1.54, 1.807) is 24.3 Å². The summed E-state index contributed by atoms with van der Waals surface area (Å²) in [5.74, 6) is -6.27. The quantitative estimate of drug-likeness (QED) is 0.315. The molecule has 3 aromatic rings. The number of ether oxygens (including phenoxy) is 3. The minimum Gasteiger partial charge on any atom is -0.479 e. The maximum absolute atomic E-state index is 13.8. The molecule has 0 spiro atoms. The number of hydrogen-bond donors (Lipinski definition) is 3. The lowest BCUT2D eigenvalue weighted by atomic mass is 9.89. The smallest absolute Gasteiger partial charge is 0.335 e. The highest BCUT2D eigenvalue weighted by Crippen LogP contribution is 2.35. The van der Waals surface area contributed by atoms with Crippen LogP contribution < -0.4 is 0 Å². The van der Waals surface area contributed by atoms with Crippen LogP contribution in [0.3, 0.4) is 0 Å². The third kappa shape index (κ3) is 5.75. The topological polar surface area (TPSA) is 136 Å². The molecule has 3 N–H and O–H groups in total. The van der Waals surface area contributed by atoms with Crippen LogP contribution in [0.5, 0.6) is 0 Å². The van der Waals surface area contributed by atoms with Gasteiger partial charge in [-0.2, -0.15) is 0 Å². The molecule has 2 aromatic carbocycles. The predicted molar refractivity (Wildman–Crippen MR) is 127 cm³/mol. The second-order valence-corrected chi connectivity index (χ2v) is 9.34. The first-order chi connectivity index (χ1) is 19.3. The van der Waals surface area contributed by atoms with E-state index in [2.05, 4.69) is 26.2 Å². The van der Waals surface area contributed by atoms with Gasteiger partial charge in [-0.25, -0.2) is 22.6 Å². The molecule has 1 aromatic heterocycles. The Hall–Kier alpha value is -2.88. The number of aliphatic carboxylic acids is 1. The fourth-order valence-corrected chi connectivity index (χ4v) is 4.40. The van der Waals surface area contributed by atoms with Gasteiger partial charge in [0.15, 0.2) is 23.6 Å². The molecular formula is C24H23BrF3N3O7. The van der Waals surface area contributed by atoms with E-state index in [1.807, 2.05) is 0 Å². The summed E-state index contributed by atoms with van der Waals surface area (Å²) in [4.78, 5) is 12.3. The van der Waals surface area contributed by atoms with Crippen molar-refractivity contribution in [3.8, 4) is 11.3 Å². The molecule has 14 heteroatoms. The fraction of sp³-hybridized carbons (Fsp3) is 0.375. The van der Waals surface area contributed by atoms with Crippen molar-refractivity contribution in [3.63, 3.8) is 0 Å². The van der Waals surface area contributed by atoms with Crippen LogP contribution in [0.25, 0.3) is 11.3 Å². The molecule has 6 atom stereocenters. The van der Waals surface area contributed by atoms with Crippen molar-refractivity contribution in [1.82, 2.24) is 15.0 Å². The minimum atomic E-state index is -3.14. The first-order valence-corrected chi connectivity index (χ1v) is 11.9. The molecule has 38 heavy (non-hydrogen) atoms. The number of benzene rings is 2. The molecule has 10 nitrogen and oxygen atoms in total. The van der Waals surface area contributed by atoms with Crippen LogP contribution in [0.4, 0.5) is 13.2 Å². The SMILES string of the molecule is [2H]C([2H])([2H])OC1[C@H]([C@H](OCc2ccc(Br)cc2)C(=O)O)OC(CO)[C@H](O)[C@@H]1n1cc(-c2cc(F)c(F)c(F)c2)nn1. The summed E-state index contributed by atoms with van der Waals surface area (Å²) in [6.45, 7) is -1.07. The number of rotatable bonds is 9. The molecule has 1 aliphatic rings. The predicted octanol–water partition coefficient (Wildman–Crippen LogP) is 2.47. The zero-order chi connectivity index (χ0) is 30.1. The van der Waals surface area contributed by atoms with Crippen LogP contribution in [0.1, 0.15) is 15.7 Å². The van der Waals surface area contributed by atoms with Crippen LogP contribution >= 0.6 is 15.9 Å². The number of carboxylic acid groups (broad SMARTS) is 1. The molecule has 0 amide bonds. The first-order valence-electron chi connectivity index (χ1n) is 12.6. The lowest BCUT2D eigenvalue weighted by Gasteiger charge is -2.45. The van der Waals surface area contributed by atoms with Crippen molar-refractivity contribution in [2.45, 2.75) is 43.2 Å². The molecular weight excluding hydrogens is 579 g/mol. The molecule has 0 bridgehead atoms. The number of aliphatic hydroxyl groups is 2. The van der Waals surface area contributed by atoms with Crippen molar-refractivity contribution in [2.75, 3.05) is 13.6 Å². The average molecular weight is 605 g/mol. The molecule has 204 valence electrons. The van der Waals surface area contributed by atoms with E-state index in [0.717, 1.165) is 15.4 Å². The number of carboxylic acids is 1. The molecule has 4 rings (SSSR count). The van der Waals surface area contributed by atoms with Gasteiger partial charge in [0.2, 0.25) is 0 Å². The van der Waals surface area contributed by atoms with E-state index < -0.39 is 73.6 Å². The van der Waals surface area contributed by atoms with Gasteiger partial charge < -0.3 is 29.5 Å². The Balaban J connectivity index is 1.73. The van der Waals surface area contributed by atoms with Gasteiger partial charge in [-0.05, 0) is 29.8 Å². The highest BCUT2D eigenvalue weighted by molar-refractivity contribution is 9.10. The van der Waals surface area contributed by atoms with Crippen molar-refractivity contribution in [2.24, 2.45) is 0 Å². The van der Waals surface area contributed by atoms with Gasteiger partial charge in [-0.3, -0.25) is 0 Å². The summed E-state index contributed by atoms with van der Waals surface area (Å²) in [6, 6.07) is 6.45. The summed E-state index contributed by atoms with van der Waals surface area (Å²) in [5, 5.41) is 38.5. The van der Waals surface area contributed by atoms with E-state index in [-0.39, 0.29) is 17.9 Å². The Labute approximate surface area is 226 Å². The minimum absolute atomic E-state index is 0.201. The molecule has 0 radical (unpaired) electrons. The van der Waals surface area contributed by atoms with E-state index >= 15 is 0 Å². The number of aromatic nitrogens is 3. The van der Waals surface area contributed by atoms with Gasteiger partial charge >= 0.3 is 5.97 Å². The molecule has 2 heterocycles. The average Bonchev–Trinajstić information content (AvgIpc) is 3.38. The van der Waals surface area contributed by atoms with Crippen LogP contribution in [-0.2, 0) is 25.6 Å². The number of aliphatic hydroxyl groups excluding tert-OH is 2. The number of halogens is 4. The van der Waals surface area contributed by atoms with Crippen LogP contribution in [0, 0.1) is 17.5 Å². The first kappa shape index (κ1) is 24.2. The molecule has 1 fully saturated rings. The summed E-state index contributed by atoms with van der Waals surface area (Å²) >= 11 is 3.28. The second kappa shape index (κ2) is 11.9. The van der Waals surface area contributed by atoms with Crippen LogP contribution in [0.15, 0.2) is 47.1 Å². The maximum atomic E-state index is 13.8. The number of hydrogen-bond acceptors (Lipinski definition) is 8. The van der Waals surface area contributed by atoms with Crippen LogP contribution in [-0.4, -0.2) is 80.4 Å². The van der Waals surface area contributed by atoms with E-state index in [1.165, 1.54) is 0 Å². The Bertz CT molecular complexity index is 1360. The fourth-order valence-electron chi connectivity index (χ4n) is 4.14.